The SMILES string of the molecule is CCC(C)C(C(=O)OCc1cc(=O)oc2cc(NC(C)=O)ccc12)N1C(=O)c2ccccc2C1=O. The number of carbonyl (C=O) groups excluding carboxylic acids is 4. The van der Waals surface area contributed by atoms with Crippen LogP contribution in [0.25, 0.3) is 11.0 Å². The summed E-state index contributed by atoms with van der Waals surface area (Å²) in [5.41, 5.74) is 0.908. The molecule has 1 N–H and O–H groups in total. The average Bonchev–Trinajstić information content (AvgIpc) is 3.07. The molecule has 0 saturated carbocycles. The number of nitrogens with one attached hydrogen (secondary N) is 1. The molecule has 35 heavy (non-hydrogen) atoms. The van der Waals surface area contributed by atoms with Crippen LogP contribution in [0.3, 0.4) is 0 Å². The first-order valence-corrected chi connectivity index (χ1v) is 11.2. The Labute approximate surface area is 200 Å². The molecule has 0 radical (unpaired) electrons. The van der Waals surface area contributed by atoms with E-state index in [-0.39, 0.29) is 35.1 Å². The summed E-state index contributed by atoms with van der Waals surface area (Å²) in [6, 6.07) is 11.3. The lowest BCUT2D eigenvalue weighted by atomic mass is 9.97. The average molecular weight is 476 g/mol. The van der Waals surface area contributed by atoms with E-state index < -0.39 is 29.5 Å². The first kappa shape index (κ1) is 23.9. The van der Waals surface area contributed by atoms with Crippen LogP contribution >= 0.6 is 0 Å². The highest BCUT2D eigenvalue weighted by atomic mass is 16.5. The normalized spacial score (nSPS) is 14.5. The molecule has 0 saturated heterocycles. The zero-order chi connectivity index (χ0) is 25.3. The van der Waals surface area contributed by atoms with Crippen LogP contribution in [0, 0.1) is 5.92 Å². The van der Waals surface area contributed by atoms with E-state index in [9.17, 15) is 24.0 Å². The highest BCUT2D eigenvalue weighted by Crippen LogP contribution is 2.29. The lowest BCUT2D eigenvalue weighted by Gasteiger charge is -2.29. The third-order valence-electron chi connectivity index (χ3n) is 6.05. The first-order valence-electron chi connectivity index (χ1n) is 11.2. The molecule has 2 aromatic carbocycles. The molecular formula is C26H24N2O7. The van der Waals surface area contributed by atoms with Crippen molar-refractivity contribution < 1.29 is 28.3 Å². The predicted molar refractivity (Wildman–Crippen MR) is 127 cm³/mol. The number of ether oxygens (including phenoxy) is 1. The van der Waals surface area contributed by atoms with Crippen molar-refractivity contribution in [3.05, 3.63) is 75.6 Å². The molecule has 0 bridgehead atoms. The number of esters is 1. The van der Waals surface area contributed by atoms with Gasteiger partial charge in [-0.3, -0.25) is 19.3 Å². The smallest absolute Gasteiger partial charge is 0.336 e. The van der Waals surface area contributed by atoms with Gasteiger partial charge in [0.05, 0.1) is 11.1 Å². The van der Waals surface area contributed by atoms with E-state index >= 15 is 0 Å². The van der Waals surface area contributed by atoms with Gasteiger partial charge in [-0.2, -0.15) is 0 Å². The number of amides is 3. The van der Waals surface area contributed by atoms with Crippen LogP contribution in [0.1, 0.15) is 53.5 Å². The van der Waals surface area contributed by atoms with Gasteiger partial charge in [0.1, 0.15) is 18.2 Å². The van der Waals surface area contributed by atoms with Crippen LogP contribution in [0.2, 0.25) is 0 Å². The van der Waals surface area contributed by atoms with Crippen LogP contribution in [0.15, 0.2) is 57.7 Å². The molecule has 2 atom stereocenters. The van der Waals surface area contributed by atoms with Crippen LogP contribution in [0.5, 0.6) is 0 Å². The third kappa shape index (κ3) is 4.57. The number of anilines is 1. The maximum Gasteiger partial charge on any atom is 0.336 e. The molecule has 4 rings (SSSR count). The maximum atomic E-state index is 13.2. The number of carbonyl (C=O) groups is 4. The molecular weight excluding hydrogens is 452 g/mol. The van der Waals surface area contributed by atoms with E-state index in [1.165, 1.54) is 19.1 Å². The van der Waals surface area contributed by atoms with Gasteiger partial charge in [-0.1, -0.05) is 32.4 Å². The lowest BCUT2D eigenvalue weighted by molar-refractivity contribution is -0.151. The van der Waals surface area contributed by atoms with Crippen molar-refractivity contribution in [3.63, 3.8) is 0 Å². The Hall–Kier alpha value is -4.27. The molecule has 3 aromatic rings. The molecule has 9 heteroatoms. The summed E-state index contributed by atoms with van der Waals surface area (Å²) in [6.45, 7) is 4.71. The van der Waals surface area contributed by atoms with Crippen molar-refractivity contribution >= 4 is 40.3 Å². The van der Waals surface area contributed by atoms with Crippen molar-refractivity contribution in [2.75, 3.05) is 5.32 Å². The van der Waals surface area contributed by atoms with Gasteiger partial charge in [0, 0.05) is 35.7 Å². The van der Waals surface area contributed by atoms with Crippen molar-refractivity contribution in [1.29, 1.82) is 0 Å². The molecule has 0 fully saturated rings. The molecule has 0 spiro atoms. The van der Waals surface area contributed by atoms with E-state index in [1.54, 1.807) is 43.3 Å². The van der Waals surface area contributed by atoms with Gasteiger partial charge in [-0.15, -0.1) is 0 Å². The monoisotopic (exact) mass is 476 g/mol. The highest BCUT2D eigenvalue weighted by molar-refractivity contribution is 6.22. The van der Waals surface area contributed by atoms with Gasteiger partial charge >= 0.3 is 11.6 Å². The summed E-state index contributed by atoms with van der Waals surface area (Å²) in [7, 11) is 0. The Morgan fingerprint density at radius 2 is 1.69 bits per heavy atom. The number of hydrogen-bond acceptors (Lipinski definition) is 7. The minimum absolute atomic E-state index is 0.216. The second-order valence-corrected chi connectivity index (χ2v) is 8.45. The van der Waals surface area contributed by atoms with Gasteiger partial charge in [0.15, 0.2) is 0 Å². The van der Waals surface area contributed by atoms with Crippen molar-refractivity contribution in [1.82, 2.24) is 4.90 Å². The van der Waals surface area contributed by atoms with Gasteiger partial charge < -0.3 is 14.5 Å². The van der Waals surface area contributed by atoms with Crippen molar-refractivity contribution in [3.8, 4) is 0 Å². The maximum absolute atomic E-state index is 13.2. The number of fused-ring (bicyclic) bond motifs is 2. The van der Waals surface area contributed by atoms with E-state index in [0.29, 0.717) is 23.1 Å². The second kappa shape index (κ2) is 9.54. The van der Waals surface area contributed by atoms with Crippen LogP contribution < -0.4 is 10.9 Å². The van der Waals surface area contributed by atoms with Crippen LogP contribution in [0.4, 0.5) is 5.69 Å². The molecule has 2 unspecified atom stereocenters. The van der Waals surface area contributed by atoms with Crippen molar-refractivity contribution in [2.45, 2.75) is 39.8 Å². The zero-order valence-electron chi connectivity index (χ0n) is 19.5. The Kier molecular flexibility index (Phi) is 6.50. The number of rotatable bonds is 7. The molecule has 3 amide bonds. The van der Waals surface area contributed by atoms with E-state index in [2.05, 4.69) is 5.32 Å². The Morgan fingerprint density at radius 1 is 1.03 bits per heavy atom. The molecule has 2 heterocycles. The fourth-order valence-corrected chi connectivity index (χ4v) is 4.14. The van der Waals surface area contributed by atoms with Crippen molar-refractivity contribution in [2.24, 2.45) is 5.92 Å². The molecule has 9 nitrogen and oxygen atoms in total. The molecule has 1 aliphatic heterocycles. The van der Waals surface area contributed by atoms with E-state index in [4.69, 9.17) is 9.15 Å². The summed E-state index contributed by atoms with van der Waals surface area (Å²) < 4.78 is 10.8. The van der Waals surface area contributed by atoms with Gasteiger partial charge in [-0.25, -0.2) is 9.59 Å². The van der Waals surface area contributed by atoms with Crippen LogP contribution in [-0.4, -0.2) is 34.6 Å². The predicted octanol–water partition coefficient (Wildman–Crippen LogP) is 3.51. The fourth-order valence-electron chi connectivity index (χ4n) is 4.14. The number of benzene rings is 2. The second-order valence-electron chi connectivity index (χ2n) is 8.45. The molecule has 1 aliphatic rings. The largest absolute Gasteiger partial charge is 0.459 e. The Bertz CT molecular complexity index is 1370. The quantitative estimate of drug-likeness (QED) is 0.314. The first-order chi connectivity index (χ1) is 16.7. The molecule has 1 aromatic heterocycles. The summed E-state index contributed by atoms with van der Waals surface area (Å²) in [5.74, 6) is -2.46. The summed E-state index contributed by atoms with van der Waals surface area (Å²) in [6.07, 6.45) is 0.525. The van der Waals surface area contributed by atoms with Crippen LogP contribution in [-0.2, 0) is 20.9 Å². The Balaban J connectivity index is 1.61. The minimum atomic E-state index is -1.12. The highest BCUT2D eigenvalue weighted by Gasteiger charge is 2.45. The zero-order valence-corrected chi connectivity index (χ0v) is 19.5. The van der Waals surface area contributed by atoms with Gasteiger partial charge in [-0.05, 0) is 30.2 Å². The molecule has 180 valence electrons. The summed E-state index contributed by atoms with van der Waals surface area (Å²) in [5, 5.41) is 3.13. The van der Waals surface area contributed by atoms with Gasteiger partial charge in [0.2, 0.25) is 5.91 Å². The standard InChI is InChI=1S/C26H24N2O7/c1-4-14(2)23(28-24(31)19-7-5-6-8-20(19)25(28)32)26(33)34-13-16-11-22(30)35-21-12-17(27-15(3)29)9-10-18(16)21/h5-12,14,23H,4,13H2,1-3H3,(H,27,29). The van der Waals surface area contributed by atoms with Gasteiger partial charge in [0.25, 0.3) is 11.8 Å². The number of nitrogens with zero attached hydrogens (tertiary/aromatic N) is 1. The lowest BCUT2D eigenvalue weighted by Crippen LogP contribution is -2.49. The number of hydrogen-bond donors (Lipinski definition) is 1. The molecule has 0 aliphatic carbocycles. The van der Waals surface area contributed by atoms with E-state index in [0.717, 1.165) is 4.90 Å². The fraction of sp³-hybridized carbons (Fsp3) is 0.269. The minimum Gasteiger partial charge on any atom is -0.459 e. The number of imide groups is 1. The van der Waals surface area contributed by atoms with E-state index in [1.807, 2.05) is 6.92 Å². The summed E-state index contributed by atoms with van der Waals surface area (Å²) >= 11 is 0. The Morgan fingerprint density at radius 3 is 2.29 bits per heavy atom. The third-order valence-corrected chi connectivity index (χ3v) is 6.05. The summed E-state index contributed by atoms with van der Waals surface area (Å²) in [4.78, 5) is 63.6. The topological polar surface area (TPSA) is 123 Å².